The van der Waals surface area contributed by atoms with Gasteiger partial charge in [-0.2, -0.15) is 0 Å². The Morgan fingerprint density at radius 3 is 2.64 bits per heavy atom. The molecule has 1 heterocycles. The average molecular weight is 468 g/mol. The van der Waals surface area contributed by atoms with Crippen LogP contribution >= 0.6 is 31.9 Å². The molecule has 0 spiro atoms. The summed E-state index contributed by atoms with van der Waals surface area (Å²) in [6, 6.07) is 11.6. The van der Waals surface area contributed by atoms with Crippen LogP contribution in [0.4, 0.5) is 5.69 Å². The summed E-state index contributed by atoms with van der Waals surface area (Å²) in [6.45, 7) is 2.26. The number of esters is 1. The number of fused-ring (bicyclic) bond motifs is 1. The van der Waals surface area contributed by atoms with Crippen molar-refractivity contribution in [3.8, 4) is 11.5 Å². The Kier molecular flexibility index (Phi) is 5.65. The summed E-state index contributed by atoms with van der Waals surface area (Å²) in [5.41, 5.74) is 1.84. The Labute approximate surface area is 162 Å². The largest absolute Gasteiger partial charge is 0.465 e. The molecular formula is C18H16Br2N2O3. The first-order valence-electron chi connectivity index (χ1n) is 7.70. The van der Waals surface area contributed by atoms with Crippen LogP contribution in [0.2, 0.25) is 0 Å². The molecule has 1 aromatic heterocycles. The van der Waals surface area contributed by atoms with Gasteiger partial charge in [0.05, 0.1) is 15.6 Å². The number of anilines is 1. The molecule has 0 atom stereocenters. The third-order valence-corrected chi connectivity index (χ3v) is 4.66. The summed E-state index contributed by atoms with van der Waals surface area (Å²) in [6.07, 6.45) is 1.89. The lowest BCUT2D eigenvalue weighted by Crippen LogP contribution is -2.16. The molecule has 0 amide bonds. The van der Waals surface area contributed by atoms with E-state index in [0.29, 0.717) is 12.4 Å². The highest BCUT2D eigenvalue weighted by molar-refractivity contribution is 9.11. The maximum Gasteiger partial charge on any atom is 0.325 e. The van der Waals surface area contributed by atoms with Crippen molar-refractivity contribution in [2.45, 2.75) is 6.92 Å². The molecule has 0 saturated carbocycles. The number of benzene rings is 2. The summed E-state index contributed by atoms with van der Waals surface area (Å²) in [7, 11) is 0. The van der Waals surface area contributed by atoms with Gasteiger partial charge in [0.2, 0.25) is 0 Å². The monoisotopic (exact) mass is 466 g/mol. The van der Waals surface area contributed by atoms with Crippen molar-refractivity contribution in [3.05, 3.63) is 51.5 Å². The minimum Gasteiger partial charge on any atom is -0.465 e. The van der Waals surface area contributed by atoms with Crippen LogP contribution in [0.15, 0.2) is 51.5 Å². The number of H-pyrrole nitrogens is 1. The fourth-order valence-electron chi connectivity index (χ4n) is 2.36. The molecule has 0 saturated heterocycles. The number of aromatic nitrogens is 1. The number of rotatable bonds is 6. The summed E-state index contributed by atoms with van der Waals surface area (Å²) < 4.78 is 12.4. The van der Waals surface area contributed by atoms with E-state index in [1.165, 1.54) is 0 Å². The standard InChI is InChI=1S/C18H16Br2N2O3/c1-2-24-17(23)10-22-12-8-14(19)18(15(20)9-12)25-13-3-4-16-11(7-13)5-6-21-16/h3-9,21-22H,2,10H2,1H3. The average Bonchev–Trinajstić information content (AvgIpc) is 3.04. The highest BCUT2D eigenvalue weighted by Gasteiger charge is 2.12. The van der Waals surface area contributed by atoms with E-state index in [4.69, 9.17) is 9.47 Å². The van der Waals surface area contributed by atoms with Crippen molar-refractivity contribution in [2.24, 2.45) is 0 Å². The van der Waals surface area contributed by atoms with E-state index in [9.17, 15) is 4.79 Å². The number of nitrogens with one attached hydrogen (secondary N) is 2. The van der Waals surface area contributed by atoms with Gasteiger partial charge in [-0.15, -0.1) is 0 Å². The molecule has 0 bridgehead atoms. The van der Waals surface area contributed by atoms with Crippen LogP contribution < -0.4 is 10.1 Å². The van der Waals surface area contributed by atoms with Gasteiger partial charge in [-0.05, 0) is 75.2 Å². The van der Waals surface area contributed by atoms with Crippen molar-refractivity contribution in [1.82, 2.24) is 4.98 Å². The molecule has 2 aromatic carbocycles. The van der Waals surface area contributed by atoms with Crippen LogP contribution in [0.25, 0.3) is 10.9 Å². The molecule has 0 fully saturated rings. The van der Waals surface area contributed by atoms with Gasteiger partial charge in [-0.25, -0.2) is 0 Å². The van der Waals surface area contributed by atoms with E-state index in [1.807, 2.05) is 42.6 Å². The molecule has 0 aliphatic carbocycles. The molecule has 25 heavy (non-hydrogen) atoms. The quantitative estimate of drug-likeness (QED) is 0.472. The number of carbonyl (C=O) groups is 1. The summed E-state index contributed by atoms with van der Waals surface area (Å²) in [5.74, 6) is 1.10. The molecule has 5 nitrogen and oxygen atoms in total. The maximum atomic E-state index is 11.4. The lowest BCUT2D eigenvalue weighted by molar-refractivity contribution is -0.140. The topological polar surface area (TPSA) is 63.4 Å². The summed E-state index contributed by atoms with van der Waals surface area (Å²) in [4.78, 5) is 14.6. The lowest BCUT2D eigenvalue weighted by Gasteiger charge is -2.13. The van der Waals surface area contributed by atoms with E-state index < -0.39 is 0 Å². The van der Waals surface area contributed by atoms with Crippen LogP contribution in [0, 0.1) is 0 Å². The number of aromatic amines is 1. The molecule has 7 heteroatoms. The fraction of sp³-hybridized carbons (Fsp3) is 0.167. The van der Waals surface area contributed by atoms with E-state index >= 15 is 0 Å². The number of carbonyl (C=O) groups excluding carboxylic acids is 1. The van der Waals surface area contributed by atoms with Gasteiger partial charge < -0.3 is 19.8 Å². The van der Waals surface area contributed by atoms with Gasteiger partial charge in [0, 0.05) is 22.8 Å². The van der Waals surface area contributed by atoms with E-state index in [1.54, 1.807) is 6.92 Å². The van der Waals surface area contributed by atoms with Crippen LogP contribution in [0.1, 0.15) is 6.92 Å². The van der Waals surface area contributed by atoms with Crippen molar-refractivity contribution >= 4 is 54.4 Å². The smallest absolute Gasteiger partial charge is 0.325 e. The second-order valence-corrected chi connectivity index (χ2v) is 6.97. The zero-order valence-corrected chi connectivity index (χ0v) is 16.6. The first-order valence-corrected chi connectivity index (χ1v) is 9.29. The Balaban J connectivity index is 1.76. The summed E-state index contributed by atoms with van der Waals surface area (Å²) in [5, 5.41) is 4.11. The maximum absolute atomic E-state index is 11.4. The van der Waals surface area contributed by atoms with Crippen molar-refractivity contribution in [2.75, 3.05) is 18.5 Å². The van der Waals surface area contributed by atoms with Crippen LogP contribution in [-0.2, 0) is 9.53 Å². The Morgan fingerprint density at radius 2 is 1.92 bits per heavy atom. The Hall–Kier alpha value is -1.99. The van der Waals surface area contributed by atoms with Crippen LogP contribution in [0.3, 0.4) is 0 Å². The highest BCUT2D eigenvalue weighted by Crippen LogP contribution is 2.39. The molecule has 130 valence electrons. The first kappa shape index (κ1) is 17.8. The van der Waals surface area contributed by atoms with Crippen molar-refractivity contribution in [3.63, 3.8) is 0 Å². The molecule has 3 aromatic rings. The zero-order valence-electron chi connectivity index (χ0n) is 13.4. The fourth-order valence-corrected chi connectivity index (χ4v) is 3.71. The minimum absolute atomic E-state index is 0.108. The SMILES string of the molecule is CCOC(=O)CNc1cc(Br)c(Oc2ccc3[nH]ccc3c2)c(Br)c1. The number of ether oxygens (including phenoxy) is 2. The van der Waals surface area contributed by atoms with E-state index in [-0.39, 0.29) is 12.5 Å². The Bertz CT molecular complexity index is 885. The van der Waals surface area contributed by atoms with Crippen LogP contribution in [-0.4, -0.2) is 24.1 Å². The molecule has 3 rings (SSSR count). The highest BCUT2D eigenvalue weighted by atomic mass is 79.9. The molecular weight excluding hydrogens is 452 g/mol. The second-order valence-electron chi connectivity index (χ2n) is 5.26. The predicted octanol–water partition coefficient (Wildman–Crippen LogP) is 5.46. The molecule has 0 unspecified atom stereocenters. The van der Waals surface area contributed by atoms with Gasteiger partial charge in [-0.3, -0.25) is 4.79 Å². The molecule has 2 N–H and O–H groups in total. The minimum atomic E-state index is -0.296. The number of hydrogen-bond acceptors (Lipinski definition) is 4. The van der Waals surface area contributed by atoms with Crippen LogP contribution in [0.5, 0.6) is 11.5 Å². The van der Waals surface area contributed by atoms with E-state index in [0.717, 1.165) is 31.3 Å². The van der Waals surface area contributed by atoms with E-state index in [2.05, 4.69) is 42.2 Å². The molecule has 0 aliphatic rings. The summed E-state index contributed by atoms with van der Waals surface area (Å²) >= 11 is 7.04. The predicted molar refractivity (Wildman–Crippen MR) is 105 cm³/mol. The Morgan fingerprint density at radius 1 is 1.16 bits per heavy atom. The number of hydrogen-bond donors (Lipinski definition) is 2. The van der Waals surface area contributed by atoms with Gasteiger partial charge in [0.1, 0.15) is 12.3 Å². The third-order valence-electron chi connectivity index (χ3n) is 3.49. The zero-order chi connectivity index (χ0) is 17.8. The van der Waals surface area contributed by atoms with Gasteiger partial charge >= 0.3 is 5.97 Å². The molecule has 0 radical (unpaired) electrons. The third kappa shape index (κ3) is 4.35. The van der Waals surface area contributed by atoms with Gasteiger partial charge in [-0.1, -0.05) is 0 Å². The number of halogens is 2. The van der Waals surface area contributed by atoms with Gasteiger partial charge in [0.15, 0.2) is 5.75 Å². The lowest BCUT2D eigenvalue weighted by atomic mass is 10.2. The van der Waals surface area contributed by atoms with Gasteiger partial charge in [0.25, 0.3) is 0 Å². The van der Waals surface area contributed by atoms with Crippen molar-refractivity contribution in [1.29, 1.82) is 0 Å². The second kappa shape index (κ2) is 7.93. The normalized spacial score (nSPS) is 10.7. The van der Waals surface area contributed by atoms with Crippen molar-refractivity contribution < 1.29 is 14.3 Å². The first-order chi connectivity index (χ1) is 12.1. The molecule has 0 aliphatic heterocycles.